The average molecular weight is 322 g/mol. The SMILES string of the molecule is CCCCCCCN(CC)CCCOc1ccc([N+](=O)[O-])cc1. The molecular weight excluding hydrogens is 292 g/mol. The van der Waals surface area contributed by atoms with Crippen molar-refractivity contribution >= 4 is 5.69 Å². The van der Waals surface area contributed by atoms with Crippen molar-refractivity contribution in [2.75, 3.05) is 26.2 Å². The van der Waals surface area contributed by atoms with Crippen LogP contribution in [-0.4, -0.2) is 36.1 Å². The average Bonchev–Trinajstić information content (AvgIpc) is 2.57. The molecular formula is C18H30N2O3. The summed E-state index contributed by atoms with van der Waals surface area (Å²) in [4.78, 5) is 12.6. The van der Waals surface area contributed by atoms with Crippen molar-refractivity contribution in [1.29, 1.82) is 0 Å². The Kier molecular flexibility index (Phi) is 10.0. The van der Waals surface area contributed by atoms with Gasteiger partial charge in [-0.3, -0.25) is 10.1 Å². The second-order valence-electron chi connectivity index (χ2n) is 5.80. The van der Waals surface area contributed by atoms with Crippen molar-refractivity contribution in [2.24, 2.45) is 0 Å². The van der Waals surface area contributed by atoms with E-state index in [1.807, 2.05) is 0 Å². The third-order valence-electron chi connectivity index (χ3n) is 3.96. The van der Waals surface area contributed by atoms with Gasteiger partial charge in [0, 0.05) is 18.7 Å². The molecule has 1 aromatic rings. The number of benzene rings is 1. The van der Waals surface area contributed by atoms with E-state index in [2.05, 4.69) is 18.7 Å². The summed E-state index contributed by atoms with van der Waals surface area (Å²) in [6, 6.07) is 6.26. The van der Waals surface area contributed by atoms with Crippen LogP contribution in [0.15, 0.2) is 24.3 Å². The van der Waals surface area contributed by atoms with Gasteiger partial charge in [0.05, 0.1) is 11.5 Å². The van der Waals surface area contributed by atoms with Gasteiger partial charge < -0.3 is 9.64 Å². The lowest BCUT2D eigenvalue weighted by atomic mass is 10.1. The fourth-order valence-electron chi connectivity index (χ4n) is 2.51. The van der Waals surface area contributed by atoms with Gasteiger partial charge in [0.2, 0.25) is 0 Å². The van der Waals surface area contributed by atoms with Crippen LogP contribution in [0.2, 0.25) is 0 Å². The molecule has 5 heteroatoms. The molecule has 0 spiro atoms. The Hall–Kier alpha value is -1.62. The van der Waals surface area contributed by atoms with Crippen LogP contribution in [0.4, 0.5) is 5.69 Å². The third kappa shape index (κ3) is 8.55. The fourth-order valence-corrected chi connectivity index (χ4v) is 2.51. The van der Waals surface area contributed by atoms with Crippen molar-refractivity contribution in [3.63, 3.8) is 0 Å². The molecule has 1 aromatic carbocycles. The molecule has 0 aromatic heterocycles. The smallest absolute Gasteiger partial charge is 0.269 e. The summed E-state index contributed by atoms with van der Waals surface area (Å²) in [5.41, 5.74) is 0.0950. The molecule has 0 aliphatic rings. The summed E-state index contributed by atoms with van der Waals surface area (Å²) >= 11 is 0. The molecule has 0 aliphatic carbocycles. The van der Waals surface area contributed by atoms with E-state index < -0.39 is 4.92 Å². The van der Waals surface area contributed by atoms with E-state index in [9.17, 15) is 10.1 Å². The Morgan fingerprint density at radius 1 is 1.00 bits per heavy atom. The maximum absolute atomic E-state index is 10.6. The van der Waals surface area contributed by atoms with Crippen LogP contribution in [0.25, 0.3) is 0 Å². The van der Waals surface area contributed by atoms with Gasteiger partial charge in [0.1, 0.15) is 5.75 Å². The predicted molar refractivity (Wildman–Crippen MR) is 94.1 cm³/mol. The second-order valence-corrected chi connectivity index (χ2v) is 5.80. The topological polar surface area (TPSA) is 55.6 Å². The van der Waals surface area contributed by atoms with E-state index in [0.29, 0.717) is 12.4 Å². The summed E-state index contributed by atoms with van der Waals surface area (Å²) in [6.07, 6.45) is 7.55. The summed E-state index contributed by atoms with van der Waals surface area (Å²) in [5.74, 6) is 0.693. The number of nitrogens with zero attached hydrogens (tertiary/aromatic N) is 2. The molecule has 0 bridgehead atoms. The number of hydrogen-bond acceptors (Lipinski definition) is 4. The number of non-ortho nitro benzene ring substituents is 1. The van der Waals surface area contributed by atoms with Gasteiger partial charge in [-0.25, -0.2) is 0 Å². The Morgan fingerprint density at radius 3 is 2.26 bits per heavy atom. The summed E-state index contributed by atoms with van der Waals surface area (Å²) < 4.78 is 5.64. The zero-order valence-corrected chi connectivity index (χ0v) is 14.5. The van der Waals surface area contributed by atoms with Crippen LogP contribution in [0.1, 0.15) is 52.4 Å². The molecule has 0 amide bonds. The molecule has 23 heavy (non-hydrogen) atoms. The van der Waals surface area contributed by atoms with Crippen molar-refractivity contribution in [3.8, 4) is 5.75 Å². The van der Waals surface area contributed by atoms with Gasteiger partial charge in [-0.15, -0.1) is 0 Å². The lowest BCUT2D eigenvalue weighted by Crippen LogP contribution is -2.26. The van der Waals surface area contributed by atoms with Crippen LogP contribution in [-0.2, 0) is 0 Å². The number of nitro benzene ring substituents is 1. The largest absolute Gasteiger partial charge is 0.494 e. The lowest BCUT2D eigenvalue weighted by Gasteiger charge is -2.20. The van der Waals surface area contributed by atoms with E-state index in [0.717, 1.165) is 26.1 Å². The molecule has 0 unspecified atom stereocenters. The highest BCUT2D eigenvalue weighted by molar-refractivity contribution is 5.35. The lowest BCUT2D eigenvalue weighted by molar-refractivity contribution is -0.384. The molecule has 0 saturated heterocycles. The first-order chi connectivity index (χ1) is 11.2. The van der Waals surface area contributed by atoms with Crippen LogP contribution in [0.5, 0.6) is 5.75 Å². The Morgan fingerprint density at radius 2 is 1.65 bits per heavy atom. The van der Waals surface area contributed by atoms with E-state index in [1.54, 1.807) is 12.1 Å². The number of nitro groups is 1. The van der Waals surface area contributed by atoms with Crippen molar-refractivity contribution < 1.29 is 9.66 Å². The molecule has 0 N–H and O–H groups in total. The van der Waals surface area contributed by atoms with E-state index >= 15 is 0 Å². The minimum absolute atomic E-state index is 0.0950. The van der Waals surface area contributed by atoms with Gasteiger partial charge >= 0.3 is 0 Å². The Balaban J connectivity index is 2.15. The van der Waals surface area contributed by atoms with E-state index in [1.165, 1.54) is 44.2 Å². The minimum Gasteiger partial charge on any atom is -0.494 e. The maximum Gasteiger partial charge on any atom is 0.269 e. The van der Waals surface area contributed by atoms with Gasteiger partial charge in [-0.2, -0.15) is 0 Å². The molecule has 0 heterocycles. The third-order valence-corrected chi connectivity index (χ3v) is 3.96. The minimum atomic E-state index is -0.399. The number of hydrogen-bond donors (Lipinski definition) is 0. The van der Waals surface area contributed by atoms with Gasteiger partial charge in [0.15, 0.2) is 0 Å². The summed E-state index contributed by atoms with van der Waals surface area (Å²) in [7, 11) is 0. The zero-order valence-electron chi connectivity index (χ0n) is 14.5. The van der Waals surface area contributed by atoms with Crippen LogP contribution >= 0.6 is 0 Å². The van der Waals surface area contributed by atoms with Crippen molar-refractivity contribution in [2.45, 2.75) is 52.4 Å². The van der Waals surface area contributed by atoms with Crippen LogP contribution in [0.3, 0.4) is 0 Å². The van der Waals surface area contributed by atoms with Gasteiger partial charge in [-0.1, -0.05) is 39.5 Å². The number of rotatable bonds is 13. The molecule has 0 fully saturated rings. The highest BCUT2D eigenvalue weighted by atomic mass is 16.6. The molecule has 1 rings (SSSR count). The molecule has 5 nitrogen and oxygen atoms in total. The molecule has 130 valence electrons. The van der Waals surface area contributed by atoms with E-state index in [-0.39, 0.29) is 5.69 Å². The highest BCUT2D eigenvalue weighted by Gasteiger charge is 2.05. The Labute approximate surface area is 139 Å². The summed E-state index contributed by atoms with van der Waals surface area (Å²) in [6.45, 7) is 8.36. The highest BCUT2D eigenvalue weighted by Crippen LogP contribution is 2.17. The zero-order chi connectivity index (χ0) is 16.9. The fraction of sp³-hybridized carbons (Fsp3) is 0.667. The first kappa shape index (κ1) is 19.4. The molecule has 0 atom stereocenters. The molecule has 0 radical (unpaired) electrons. The standard InChI is InChI=1S/C18H30N2O3/c1-3-5-6-7-8-14-19(4-2)15-9-16-23-18-12-10-17(11-13-18)20(21)22/h10-13H,3-9,14-16H2,1-2H3. The second kappa shape index (κ2) is 11.9. The normalized spacial score (nSPS) is 10.9. The molecule has 0 aliphatic heterocycles. The monoisotopic (exact) mass is 322 g/mol. The van der Waals surface area contributed by atoms with Crippen molar-refractivity contribution in [1.82, 2.24) is 4.90 Å². The van der Waals surface area contributed by atoms with Crippen LogP contribution in [0, 0.1) is 10.1 Å². The summed E-state index contributed by atoms with van der Waals surface area (Å²) in [5, 5.41) is 10.6. The van der Waals surface area contributed by atoms with Crippen LogP contribution < -0.4 is 4.74 Å². The van der Waals surface area contributed by atoms with Gasteiger partial charge in [-0.05, 0) is 38.1 Å². The van der Waals surface area contributed by atoms with E-state index in [4.69, 9.17) is 4.74 Å². The van der Waals surface area contributed by atoms with Gasteiger partial charge in [0.25, 0.3) is 5.69 Å². The predicted octanol–water partition coefficient (Wildman–Crippen LogP) is 4.66. The maximum atomic E-state index is 10.6. The Bertz CT molecular complexity index is 434. The molecule has 0 saturated carbocycles. The first-order valence-corrected chi connectivity index (χ1v) is 8.77. The first-order valence-electron chi connectivity index (χ1n) is 8.77. The quantitative estimate of drug-likeness (QED) is 0.301. The van der Waals surface area contributed by atoms with Crippen molar-refractivity contribution in [3.05, 3.63) is 34.4 Å². The number of ether oxygens (including phenoxy) is 1. The number of unbranched alkanes of at least 4 members (excludes halogenated alkanes) is 4.